The molecule has 1 rings (SSSR count). The van der Waals surface area contributed by atoms with Crippen LogP contribution >= 0.6 is 0 Å². The Morgan fingerprint density at radius 2 is 2.29 bits per heavy atom. The third kappa shape index (κ3) is 3.79. The molecule has 17 heavy (non-hydrogen) atoms. The van der Waals surface area contributed by atoms with Crippen LogP contribution in [-0.2, 0) is 21.3 Å². The first kappa shape index (κ1) is 14.1. The number of aliphatic hydroxyl groups is 1. The maximum atomic E-state index is 11.8. The minimum Gasteiger partial charge on any atom is -0.447 e. The highest BCUT2D eigenvalue weighted by atomic mass is 32.2. The van der Waals surface area contributed by atoms with Crippen molar-refractivity contribution in [2.45, 2.75) is 17.7 Å². The molecule has 1 aromatic rings. The molecule has 0 radical (unpaired) electrons. The van der Waals surface area contributed by atoms with E-state index in [-0.39, 0.29) is 24.9 Å². The summed E-state index contributed by atoms with van der Waals surface area (Å²) >= 11 is 0. The van der Waals surface area contributed by atoms with Gasteiger partial charge in [0, 0.05) is 7.11 Å². The molecule has 1 heterocycles. The number of rotatable bonds is 7. The number of ether oxygens (including phenoxy) is 1. The predicted octanol–water partition coefficient (Wildman–Crippen LogP) is -0.976. The van der Waals surface area contributed by atoms with Crippen LogP contribution < -0.4 is 10.5 Å². The monoisotopic (exact) mass is 264 g/mol. The fourth-order valence-corrected chi connectivity index (χ4v) is 2.38. The summed E-state index contributed by atoms with van der Waals surface area (Å²) in [5, 5.41) is 8.73. The second kappa shape index (κ2) is 6.12. The average Bonchev–Trinajstić information content (AvgIpc) is 2.77. The molecule has 0 bridgehead atoms. The van der Waals surface area contributed by atoms with Gasteiger partial charge in [-0.2, -0.15) is 0 Å². The molecule has 98 valence electrons. The summed E-state index contributed by atoms with van der Waals surface area (Å²) in [6.45, 7) is -0.172. The standard InChI is InChI=1S/C9H16N2O5S/c1-15-6-7(5-12)11-17(13,14)9-3-2-8(4-10)16-9/h2-3,7,11-12H,4-6,10H2,1H3. The number of furan rings is 1. The topological polar surface area (TPSA) is 115 Å². The summed E-state index contributed by atoms with van der Waals surface area (Å²) in [5.74, 6) is 0.373. The Hall–Kier alpha value is -0.930. The maximum Gasteiger partial charge on any atom is 0.274 e. The predicted molar refractivity (Wildman–Crippen MR) is 59.7 cm³/mol. The zero-order chi connectivity index (χ0) is 12.9. The van der Waals surface area contributed by atoms with Crippen LogP contribution in [0.5, 0.6) is 0 Å². The Labute approximate surface area is 99.6 Å². The highest BCUT2D eigenvalue weighted by Gasteiger charge is 2.22. The van der Waals surface area contributed by atoms with Crippen LogP contribution in [0.2, 0.25) is 0 Å². The molecule has 0 aliphatic rings. The molecule has 0 amide bonds. The first-order valence-corrected chi connectivity index (χ1v) is 6.42. The van der Waals surface area contributed by atoms with Crippen molar-refractivity contribution in [1.82, 2.24) is 4.72 Å². The first-order valence-electron chi connectivity index (χ1n) is 4.94. The van der Waals surface area contributed by atoms with Crippen LogP contribution in [0.15, 0.2) is 21.6 Å². The number of hydrogen-bond donors (Lipinski definition) is 3. The summed E-state index contributed by atoms with van der Waals surface area (Å²) in [7, 11) is -2.38. The van der Waals surface area contributed by atoms with Gasteiger partial charge in [0.15, 0.2) is 0 Å². The zero-order valence-electron chi connectivity index (χ0n) is 9.42. The minimum atomic E-state index is -3.80. The Morgan fingerprint density at radius 1 is 1.59 bits per heavy atom. The van der Waals surface area contributed by atoms with E-state index in [0.29, 0.717) is 5.76 Å². The van der Waals surface area contributed by atoms with Crippen LogP contribution in [0, 0.1) is 0 Å². The third-order valence-corrected chi connectivity index (χ3v) is 3.41. The van der Waals surface area contributed by atoms with E-state index in [1.54, 1.807) is 0 Å². The van der Waals surface area contributed by atoms with Gasteiger partial charge < -0.3 is 20.0 Å². The molecular formula is C9H16N2O5S. The van der Waals surface area contributed by atoms with Crippen molar-refractivity contribution < 1.29 is 22.7 Å². The molecule has 1 unspecified atom stereocenters. The Bertz CT molecular complexity index is 442. The number of sulfonamides is 1. The average molecular weight is 264 g/mol. The van der Waals surface area contributed by atoms with Gasteiger partial charge in [-0.25, -0.2) is 13.1 Å². The molecule has 0 saturated heterocycles. The van der Waals surface area contributed by atoms with Crippen molar-refractivity contribution in [3.63, 3.8) is 0 Å². The summed E-state index contributed by atoms with van der Waals surface area (Å²) < 4.78 is 35.6. The minimum absolute atomic E-state index is 0.0696. The van der Waals surface area contributed by atoms with Gasteiger partial charge >= 0.3 is 0 Å². The molecule has 0 aromatic carbocycles. The van der Waals surface area contributed by atoms with Crippen molar-refractivity contribution in [2.75, 3.05) is 20.3 Å². The van der Waals surface area contributed by atoms with Crippen molar-refractivity contribution in [2.24, 2.45) is 5.73 Å². The van der Waals surface area contributed by atoms with E-state index in [9.17, 15) is 8.42 Å². The Balaban J connectivity index is 2.80. The molecule has 7 nitrogen and oxygen atoms in total. The van der Waals surface area contributed by atoms with Crippen molar-refractivity contribution in [3.8, 4) is 0 Å². The lowest BCUT2D eigenvalue weighted by Crippen LogP contribution is -2.40. The lowest BCUT2D eigenvalue weighted by atomic mass is 10.4. The van der Waals surface area contributed by atoms with Gasteiger partial charge in [-0.3, -0.25) is 0 Å². The maximum absolute atomic E-state index is 11.8. The van der Waals surface area contributed by atoms with Gasteiger partial charge in [0.1, 0.15) is 5.76 Å². The number of nitrogens with two attached hydrogens (primary N) is 1. The van der Waals surface area contributed by atoms with E-state index in [0.717, 1.165) is 0 Å². The lowest BCUT2D eigenvalue weighted by Gasteiger charge is -2.13. The molecule has 0 saturated carbocycles. The quantitative estimate of drug-likeness (QED) is 0.583. The molecule has 0 spiro atoms. The van der Waals surface area contributed by atoms with Crippen LogP contribution in [-0.4, -0.2) is 39.9 Å². The molecule has 0 aliphatic heterocycles. The summed E-state index contributed by atoms with van der Waals surface area (Å²) in [4.78, 5) is 0. The lowest BCUT2D eigenvalue weighted by molar-refractivity contribution is 0.138. The van der Waals surface area contributed by atoms with E-state index >= 15 is 0 Å². The van der Waals surface area contributed by atoms with Crippen molar-refractivity contribution >= 4 is 10.0 Å². The van der Waals surface area contributed by atoms with Crippen molar-refractivity contribution in [1.29, 1.82) is 0 Å². The third-order valence-electron chi connectivity index (χ3n) is 2.01. The van der Waals surface area contributed by atoms with Crippen LogP contribution in [0.1, 0.15) is 5.76 Å². The molecule has 0 aliphatic carbocycles. The van der Waals surface area contributed by atoms with Gasteiger partial charge in [0.05, 0.1) is 25.8 Å². The summed E-state index contributed by atoms with van der Waals surface area (Å²) in [5.41, 5.74) is 5.31. The number of hydrogen-bond acceptors (Lipinski definition) is 6. The molecule has 1 atom stereocenters. The number of aliphatic hydroxyl groups excluding tert-OH is 1. The summed E-state index contributed by atoms with van der Waals surface area (Å²) in [6.07, 6.45) is 0. The fraction of sp³-hybridized carbons (Fsp3) is 0.556. The van der Waals surface area contributed by atoms with E-state index < -0.39 is 16.1 Å². The van der Waals surface area contributed by atoms with Crippen LogP contribution in [0.25, 0.3) is 0 Å². The Kier molecular flexibility index (Phi) is 5.09. The molecule has 1 aromatic heterocycles. The van der Waals surface area contributed by atoms with E-state index in [1.165, 1.54) is 19.2 Å². The second-order valence-corrected chi connectivity index (χ2v) is 5.03. The molecule has 8 heteroatoms. The molecule has 0 fully saturated rings. The fourth-order valence-electron chi connectivity index (χ4n) is 1.22. The number of methoxy groups -OCH3 is 1. The summed E-state index contributed by atoms with van der Waals surface area (Å²) in [6, 6.07) is 2.08. The molecule has 4 N–H and O–H groups in total. The smallest absolute Gasteiger partial charge is 0.274 e. The van der Waals surface area contributed by atoms with Gasteiger partial charge in [-0.15, -0.1) is 0 Å². The molecular weight excluding hydrogens is 248 g/mol. The van der Waals surface area contributed by atoms with E-state index in [2.05, 4.69) is 4.72 Å². The second-order valence-electron chi connectivity index (χ2n) is 3.38. The van der Waals surface area contributed by atoms with E-state index in [4.69, 9.17) is 20.0 Å². The first-order chi connectivity index (χ1) is 8.03. The highest BCUT2D eigenvalue weighted by molar-refractivity contribution is 7.89. The van der Waals surface area contributed by atoms with Crippen LogP contribution in [0.3, 0.4) is 0 Å². The number of nitrogens with one attached hydrogen (secondary N) is 1. The SMILES string of the molecule is COCC(CO)NS(=O)(=O)c1ccc(CN)o1. The van der Waals surface area contributed by atoms with Crippen LogP contribution in [0.4, 0.5) is 0 Å². The van der Waals surface area contributed by atoms with E-state index in [1.807, 2.05) is 0 Å². The van der Waals surface area contributed by atoms with Crippen molar-refractivity contribution in [3.05, 3.63) is 17.9 Å². The van der Waals surface area contributed by atoms with Gasteiger partial charge in [0.25, 0.3) is 10.0 Å². The zero-order valence-corrected chi connectivity index (χ0v) is 10.2. The Morgan fingerprint density at radius 3 is 2.76 bits per heavy atom. The van der Waals surface area contributed by atoms with Gasteiger partial charge in [0.2, 0.25) is 5.09 Å². The highest BCUT2D eigenvalue weighted by Crippen LogP contribution is 2.13. The van der Waals surface area contributed by atoms with Gasteiger partial charge in [-0.05, 0) is 12.1 Å². The largest absolute Gasteiger partial charge is 0.447 e. The van der Waals surface area contributed by atoms with Gasteiger partial charge in [-0.1, -0.05) is 0 Å². The normalized spacial score (nSPS) is 13.8.